The van der Waals surface area contributed by atoms with Crippen LogP contribution in [0, 0.1) is 5.41 Å². The summed E-state index contributed by atoms with van der Waals surface area (Å²) < 4.78 is 85.5. The summed E-state index contributed by atoms with van der Waals surface area (Å²) in [4.78, 5) is 26.6. The van der Waals surface area contributed by atoms with Crippen molar-refractivity contribution in [3.8, 4) is 11.5 Å². The van der Waals surface area contributed by atoms with Crippen molar-refractivity contribution >= 4 is 23.7 Å². The predicted molar refractivity (Wildman–Crippen MR) is 175 cm³/mol. The highest BCUT2D eigenvalue weighted by Crippen LogP contribution is 2.53. The summed E-state index contributed by atoms with van der Waals surface area (Å²) in [6.07, 6.45) is -2.93. The normalized spacial score (nSPS) is 18.2. The fraction of sp³-hybridized carbons (Fsp3) is 0.611. The monoisotopic (exact) mass is 702 g/mol. The largest absolute Gasteiger partial charge is 0.497 e. The fourth-order valence-corrected chi connectivity index (χ4v) is 8.10. The maximum Gasteiger partial charge on any atom is 0.453 e. The Morgan fingerprint density at radius 1 is 0.750 bits per heavy atom. The number of alkyl halides is 5. The highest BCUT2D eigenvalue weighted by molar-refractivity contribution is 7.99. The third-order valence-corrected chi connectivity index (χ3v) is 11.1. The van der Waals surface area contributed by atoms with Crippen molar-refractivity contribution in [2.75, 3.05) is 34.2 Å². The average Bonchev–Trinajstić information content (AvgIpc) is 3.07. The molecule has 0 amide bonds. The smallest absolute Gasteiger partial charge is 0.453 e. The quantitative estimate of drug-likeness (QED) is 0.0663. The molecule has 0 aromatic heterocycles. The van der Waals surface area contributed by atoms with Crippen LogP contribution in [0.2, 0.25) is 0 Å². The zero-order valence-corrected chi connectivity index (χ0v) is 29.2. The van der Waals surface area contributed by atoms with Gasteiger partial charge in [-0.1, -0.05) is 63.6 Å². The van der Waals surface area contributed by atoms with Crippen LogP contribution in [0.4, 0.5) is 22.0 Å². The van der Waals surface area contributed by atoms with Crippen molar-refractivity contribution in [3.63, 3.8) is 0 Å². The summed E-state index contributed by atoms with van der Waals surface area (Å²) in [6, 6.07) is 14.6. The van der Waals surface area contributed by atoms with Gasteiger partial charge in [-0.15, -0.1) is 11.8 Å². The van der Waals surface area contributed by atoms with Crippen molar-refractivity contribution in [1.29, 1.82) is 0 Å². The molecule has 6 nitrogen and oxygen atoms in total. The number of thioether (sulfide) groups is 1. The number of esters is 2. The molecule has 1 aliphatic heterocycles. The molecule has 0 spiro atoms. The van der Waals surface area contributed by atoms with Crippen LogP contribution in [0.1, 0.15) is 94.6 Å². The maximum atomic E-state index is 13.5. The zero-order valence-electron chi connectivity index (χ0n) is 28.4. The minimum absolute atomic E-state index is 0.0653. The molecule has 2 atom stereocenters. The molecule has 0 saturated heterocycles. The Hall–Kier alpha value is -3.02. The molecule has 2 aromatic rings. The van der Waals surface area contributed by atoms with E-state index < -0.39 is 48.7 Å². The Morgan fingerprint density at radius 3 is 1.85 bits per heavy atom. The number of benzene rings is 2. The standard InChI is InChI=1S/C36H47F5O6S/c1-33(25-14-16-26(44-2)17-15-25)24-48-30-23-27(45-3)18-19-28(30)29(33)13-10-8-6-7-9-11-20-34(31(42)46-4,32(43)47-5)21-12-22-35(37,38)36(39,40)41/h14-19,23,29H,6-13,20-22,24H2,1-5H3. The second-order valence-corrected chi connectivity index (χ2v) is 13.7. The second kappa shape index (κ2) is 17.1. The van der Waals surface area contributed by atoms with E-state index in [-0.39, 0.29) is 17.8 Å². The van der Waals surface area contributed by atoms with Crippen LogP contribution in [-0.2, 0) is 24.5 Å². The van der Waals surface area contributed by atoms with Gasteiger partial charge in [-0.05, 0) is 67.0 Å². The molecule has 1 heterocycles. The van der Waals surface area contributed by atoms with Crippen LogP contribution in [0.15, 0.2) is 47.4 Å². The van der Waals surface area contributed by atoms with E-state index in [0.717, 1.165) is 63.6 Å². The Labute approximate surface area is 284 Å². The van der Waals surface area contributed by atoms with E-state index in [2.05, 4.69) is 31.2 Å². The molecule has 2 unspecified atom stereocenters. The van der Waals surface area contributed by atoms with Crippen molar-refractivity contribution in [3.05, 3.63) is 53.6 Å². The van der Waals surface area contributed by atoms with Gasteiger partial charge in [-0.3, -0.25) is 9.59 Å². The highest BCUT2D eigenvalue weighted by atomic mass is 32.2. The Morgan fingerprint density at radius 2 is 1.29 bits per heavy atom. The molecule has 3 rings (SSSR count). The van der Waals surface area contributed by atoms with Crippen LogP contribution < -0.4 is 9.47 Å². The number of carbonyl (C=O) groups excluding carboxylic acids is 2. The van der Waals surface area contributed by atoms with Gasteiger partial charge < -0.3 is 18.9 Å². The van der Waals surface area contributed by atoms with Crippen LogP contribution in [-0.4, -0.2) is 58.2 Å². The molecule has 0 N–H and O–H groups in total. The third kappa shape index (κ3) is 9.15. The number of hydrogen-bond donors (Lipinski definition) is 0. The minimum atomic E-state index is -5.71. The SMILES string of the molecule is COC(=O)C(CCCCCCCCC1c2ccc(OC)cc2SCC1(C)c1ccc(OC)cc1)(CCCC(F)(F)C(F)(F)F)C(=O)OC. The van der Waals surface area contributed by atoms with E-state index in [9.17, 15) is 31.5 Å². The van der Waals surface area contributed by atoms with E-state index in [1.165, 1.54) is 16.0 Å². The molecule has 48 heavy (non-hydrogen) atoms. The van der Waals surface area contributed by atoms with Crippen molar-refractivity contribution in [1.82, 2.24) is 0 Å². The second-order valence-electron chi connectivity index (χ2n) is 12.7. The number of halogens is 5. The number of rotatable bonds is 18. The van der Waals surface area contributed by atoms with Gasteiger partial charge in [-0.2, -0.15) is 22.0 Å². The molecule has 268 valence electrons. The van der Waals surface area contributed by atoms with Gasteiger partial charge in [0.2, 0.25) is 0 Å². The molecule has 1 aliphatic rings. The Bertz CT molecular complexity index is 1330. The minimum Gasteiger partial charge on any atom is -0.497 e. The van der Waals surface area contributed by atoms with Crippen molar-refractivity contribution in [2.45, 2.75) is 106 Å². The van der Waals surface area contributed by atoms with Crippen LogP contribution in [0.5, 0.6) is 11.5 Å². The molecule has 12 heteroatoms. The first-order valence-electron chi connectivity index (χ1n) is 16.3. The van der Waals surface area contributed by atoms with Crippen molar-refractivity contribution < 1.29 is 50.5 Å². The van der Waals surface area contributed by atoms with E-state index in [0.29, 0.717) is 12.8 Å². The molecule has 2 aromatic carbocycles. The van der Waals surface area contributed by atoms with E-state index in [1.807, 2.05) is 30.0 Å². The zero-order chi connectivity index (χ0) is 35.6. The Balaban J connectivity index is 1.60. The Kier molecular flexibility index (Phi) is 14.0. The summed E-state index contributed by atoms with van der Waals surface area (Å²) >= 11 is 1.84. The summed E-state index contributed by atoms with van der Waals surface area (Å²) in [5.41, 5.74) is 0.518. The number of carbonyl (C=O) groups is 2. The average molecular weight is 703 g/mol. The summed E-state index contributed by atoms with van der Waals surface area (Å²) in [6.45, 7) is 2.32. The summed E-state index contributed by atoms with van der Waals surface area (Å²) in [5, 5.41) is 0. The van der Waals surface area contributed by atoms with Crippen molar-refractivity contribution in [2.24, 2.45) is 5.41 Å². The number of unbranched alkanes of at least 4 members (excludes halogenated alkanes) is 5. The molecule has 0 aliphatic carbocycles. The lowest BCUT2D eigenvalue weighted by Gasteiger charge is -2.43. The van der Waals surface area contributed by atoms with Gasteiger partial charge in [0.1, 0.15) is 11.5 Å². The maximum absolute atomic E-state index is 13.5. The van der Waals surface area contributed by atoms with E-state index >= 15 is 0 Å². The van der Waals surface area contributed by atoms with Gasteiger partial charge in [0.15, 0.2) is 5.41 Å². The first kappa shape index (κ1) is 39.4. The molecule has 0 fully saturated rings. The number of ether oxygens (including phenoxy) is 4. The lowest BCUT2D eigenvalue weighted by Crippen LogP contribution is -2.42. The third-order valence-electron chi connectivity index (χ3n) is 9.65. The molecule has 0 radical (unpaired) electrons. The first-order chi connectivity index (χ1) is 22.7. The topological polar surface area (TPSA) is 71.1 Å². The highest BCUT2D eigenvalue weighted by Gasteiger charge is 2.57. The fourth-order valence-electron chi connectivity index (χ4n) is 6.70. The van der Waals surface area contributed by atoms with Gasteiger partial charge in [0, 0.05) is 22.5 Å². The number of methoxy groups -OCH3 is 4. The first-order valence-corrected chi connectivity index (χ1v) is 17.2. The molecular weight excluding hydrogens is 655 g/mol. The number of hydrogen-bond acceptors (Lipinski definition) is 7. The van der Waals surface area contributed by atoms with Crippen LogP contribution in [0.3, 0.4) is 0 Å². The molecule has 0 bridgehead atoms. The molecular formula is C36H47F5O6S. The van der Waals surface area contributed by atoms with Gasteiger partial charge in [0.05, 0.1) is 28.4 Å². The summed E-state index contributed by atoms with van der Waals surface area (Å²) in [5.74, 6) is -4.08. The van der Waals surface area contributed by atoms with Gasteiger partial charge in [0.25, 0.3) is 0 Å². The summed E-state index contributed by atoms with van der Waals surface area (Å²) in [7, 11) is 5.41. The lowest BCUT2D eigenvalue weighted by atomic mass is 9.68. The molecule has 0 saturated carbocycles. The van der Waals surface area contributed by atoms with Gasteiger partial charge >= 0.3 is 24.0 Å². The van der Waals surface area contributed by atoms with Gasteiger partial charge in [-0.25, -0.2) is 0 Å². The van der Waals surface area contributed by atoms with E-state index in [4.69, 9.17) is 18.9 Å². The number of fused-ring (bicyclic) bond motifs is 1. The van der Waals surface area contributed by atoms with Crippen LogP contribution >= 0.6 is 11.8 Å². The lowest BCUT2D eigenvalue weighted by molar-refractivity contribution is -0.284. The van der Waals surface area contributed by atoms with E-state index in [1.54, 1.807) is 14.2 Å². The predicted octanol–water partition coefficient (Wildman–Crippen LogP) is 9.67. The van der Waals surface area contributed by atoms with Crippen LogP contribution in [0.25, 0.3) is 0 Å².